The number of carbonyl (C=O) groups is 6. The summed E-state index contributed by atoms with van der Waals surface area (Å²) >= 11 is 1.32. The number of benzene rings is 3. The number of anilines is 1. The zero-order valence-electron chi connectivity index (χ0n) is 48.2. The van der Waals surface area contributed by atoms with Gasteiger partial charge in [-0.1, -0.05) is 12.1 Å². The predicted molar refractivity (Wildman–Crippen MR) is 304 cm³/mol. The van der Waals surface area contributed by atoms with Crippen LogP contribution < -0.4 is 41.4 Å². The summed E-state index contributed by atoms with van der Waals surface area (Å²) in [5.74, 6) is -1.78. The number of amides is 5. The van der Waals surface area contributed by atoms with Crippen LogP contribution in [0.5, 0.6) is 17.2 Å². The molecule has 25 heteroatoms. The van der Waals surface area contributed by atoms with Gasteiger partial charge in [-0.15, -0.1) is 16.3 Å². The normalized spacial score (nSPS) is 14.8. The van der Waals surface area contributed by atoms with Gasteiger partial charge in [-0.2, -0.15) is 0 Å². The van der Waals surface area contributed by atoms with Crippen molar-refractivity contribution in [3.63, 3.8) is 0 Å². The molecule has 0 bridgehead atoms. The third-order valence-corrected chi connectivity index (χ3v) is 12.1. The fraction of sp³-hybridized carbons (Fsp3) is 0.509. The number of nitrogens with one attached hydrogen (secondary N) is 6. The molecule has 1 unspecified atom stereocenters. The number of aliphatic imine (C=N–C) groups is 1. The molecule has 0 aliphatic carbocycles. The number of aromatic nitrogens is 1. The van der Waals surface area contributed by atoms with Crippen molar-refractivity contribution < 1.29 is 76.2 Å². The van der Waals surface area contributed by atoms with E-state index >= 15 is 4.39 Å². The van der Waals surface area contributed by atoms with Crippen molar-refractivity contribution in [2.45, 2.75) is 123 Å². The second kappa shape index (κ2) is 30.6. The Labute approximate surface area is 481 Å². The van der Waals surface area contributed by atoms with Crippen molar-refractivity contribution in [3.8, 4) is 28.4 Å². The summed E-state index contributed by atoms with van der Waals surface area (Å²) in [6.07, 6.45) is 0.120. The summed E-state index contributed by atoms with van der Waals surface area (Å²) < 4.78 is 61.2. The van der Waals surface area contributed by atoms with E-state index in [-0.39, 0.29) is 113 Å². The number of nitrogens with zero attached hydrogens (tertiary/aromatic N) is 2. The van der Waals surface area contributed by atoms with Crippen LogP contribution in [0.2, 0.25) is 0 Å². The largest absolute Gasteiger partial charge is 0.487 e. The van der Waals surface area contributed by atoms with Crippen LogP contribution in [0.1, 0.15) is 110 Å². The average Bonchev–Trinajstić information content (AvgIpc) is 2.39. The molecule has 0 saturated carbocycles. The minimum atomic E-state index is -1.09. The summed E-state index contributed by atoms with van der Waals surface area (Å²) in [7, 11) is 0. The van der Waals surface area contributed by atoms with E-state index in [1.54, 1.807) is 92.1 Å². The molecule has 23 nitrogen and oxygen atoms in total. The smallest absolute Gasteiger partial charge is 0.437 e. The number of hydrogen-bond donors (Lipinski definition) is 7. The molecule has 0 saturated heterocycles. The molecule has 1 aliphatic rings. The van der Waals surface area contributed by atoms with Crippen LogP contribution in [0.25, 0.3) is 11.1 Å². The van der Waals surface area contributed by atoms with Gasteiger partial charge in [0.1, 0.15) is 41.0 Å². The fourth-order valence-corrected chi connectivity index (χ4v) is 8.51. The first-order valence-corrected chi connectivity index (χ1v) is 27.6. The van der Waals surface area contributed by atoms with Crippen LogP contribution in [-0.4, -0.2) is 141 Å². The molecule has 4 aromatic rings. The quantitative estimate of drug-likeness (QED) is 0.0134. The number of hydrogen-bond acceptors (Lipinski definition) is 17. The van der Waals surface area contributed by atoms with Crippen molar-refractivity contribution in [2.75, 3.05) is 71.2 Å². The summed E-state index contributed by atoms with van der Waals surface area (Å²) in [6, 6.07) is 12.9. The number of aromatic carboxylic acids is 1. The van der Waals surface area contributed by atoms with Crippen LogP contribution >= 0.6 is 11.3 Å². The van der Waals surface area contributed by atoms with Gasteiger partial charge in [-0.25, -0.2) is 28.6 Å². The molecule has 7 N–H and O–H groups in total. The Morgan fingerprint density at radius 2 is 1.43 bits per heavy atom. The predicted octanol–water partition coefficient (Wildman–Crippen LogP) is 8.45. The topological polar surface area (TPSA) is 294 Å². The lowest BCUT2D eigenvalue weighted by Gasteiger charge is -2.37. The number of carbonyl (C=O) groups excluding carboxylic acids is 5. The number of halogens is 1. The van der Waals surface area contributed by atoms with E-state index in [0.717, 1.165) is 11.1 Å². The molecule has 82 heavy (non-hydrogen) atoms. The van der Waals surface area contributed by atoms with Gasteiger partial charge in [-0.05, 0) is 142 Å². The van der Waals surface area contributed by atoms with Crippen molar-refractivity contribution >= 4 is 58.5 Å². The number of guanidine groups is 1. The third kappa shape index (κ3) is 23.2. The molecule has 5 amide bonds. The highest BCUT2D eigenvalue weighted by Gasteiger charge is 2.36. The van der Waals surface area contributed by atoms with Gasteiger partial charge >= 0.3 is 24.2 Å². The maximum absolute atomic E-state index is 15.7. The Hall–Kier alpha value is -7.45. The Morgan fingerprint density at radius 3 is 2.05 bits per heavy atom. The first-order chi connectivity index (χ1) is 38.6. The lowest BCUT2D eigenvalue weighted by Crippen LogP contribution is -2.49. The fourth-order valence-electron chi connectivity index (χ4n) is 7.97. The molecular formula is C57H77FN8O15S. The molecule has 0 radical (unpaired) electrons. The second-order valence-electron chi connectivity index (χ2n) is 22.0. The van der Waals surface area contributed by atoms with E-state index < -0.39 is 64.4 Å². The third-order valence-electron chi connectivity index (χ3n) is 11.4. The molecule has 0 fully saturated rings. The number of rotatable bonds is 26. The molecular weight excluding hydrogens is 1090 g/mol. The number of fused-ring (bicyclic) bond motifs is 1. The highest BCUT2D eigenvalue weighted by molar-refractivity contribution is 7.13. The zero-order valence-corrected chi connectivity index (χ0v) is 49.0. The summed E-state index contributed by atoms with van der Waals surface area (Å²) in [5, 5.41) is 28.5. The number of thiazole rings is 1. The first kappa shape index (κ1) is 65.4. The van der Waals surface area contributed by atoms with Gasteiger partial charge in [0.05, 0.1) is 45.2 Å². The lowest BCUT2D eigenvalue weighted by molar-refractivity contribution is -0.123. The van der Waals surface area contributed by atoms with Gasteiger partial charge in [0, 0.05) is 54.8 Å². The molecule has 448 valence electrons. The molecule has 1 aliphatic heterocycles. The van der Waals surface area contributed by atoms with Gasteiger partial charge in [0.25, 0.3) is 0 Å². The van der Waals surface area contributed by atoms with Gasteiger partial charge < -0.3 is 69.6 Å². The zero-order chi connectivity index (χ0) is 60.1. The van der Waals surface area contributed by atoms with Gasteiger partial charge in [0.2, 0.25) is 17.8 Å². The van der Waals surface area contributed by atoms with Crippen LogP contribution in [0.15, 0.2) is 71.2 Å². The Balaban J connectivity index is 1.08. The second-order valence-corrected chi connectivity index (χ2v) is 22.9. The van der Waals surface area contributed by atoms with E-state index in [0.29, 0.717) is 29.4 Å². The van der Waals surface area contributed by atoms with E-state index in [4.69, 9.17) is 37.9 Å². The average molecular weight is 1170 g/mol. The Bertz CT molecular complexity index is 2820. The molecule has 0 spiro atoms. The summed E-state index contributed by atoms with van der Waals surface area (Å²) in [4.78, 5) is 83.6. The first-order valence-electron chi connectivity index (χ1n) is 26.8. The van der Waals surface area contributed by atoms with E-state index in [2.05, 4.69) is 41.9 Å². The number of carboxylic acids is 1. The lowest BCUT2D eigenvalue weighted by atomic mass is 9.81. The number of alkyl carbamates (subject to hydrolysis) is 2. The van der Waals surface area contributed by atoms with Gasteiger partial charge in [-0.3, -0.25) is 14.9 Å². The molecule has 1 aromatic heterocycles. The van der Waals surface area contributed by atoms with Crippen LogP contribution in [0, 0.1) is 5.82 Å². The molecule has 3 aromatic carbocycles. The SMILES string of the molecule is CC(C)(C)OC(=O)/N=C(/NCCCC(NC(=O)OC(C)(C)C)C(=O)NCCOCCOCCOCCOc1cc2c(cc1Oc1ccc(-c3ccc(C(=O)O)cc3)c(F)c1)[C@@](C)(CC(=O)Nc1nccs1)NCC2)NC(=O)OC(C)(C)C. The standard InChI is InChI=1S/C57H77FN8O15S/c1-54(2,3)79-51(71)63-43(12-11-20-60-49(65-52(72)80-55(4,5)6)66-53(73)81-56(7,8)9)47(68)59-22-24-74-25-26-75-27-28-76-29-30-77-44-32-38-19-21-62-57(10,35-46(67)64-50-61-23-31-82-50)41(38)34-45(44)78-39-17-18-40(42(58)33-39)36-13-15-37(16-14-36)48(69)70/h13-18,23,31-34,43,62H,11-12,19-22,24-30,35H2,1-10H3,(H,59,68)(H,63,71)(H,69,70)(H,61,64,67)(H2,60,65,66,72,73)/t43?,57-/m1/s1. The van der Waals surface area contributed by atoms with Gasteiger partial charge in [0.15, 0.2) is 16.6 Å². The minimum absolute atomic E-state index is 0.0796. The summed E-state index contributed by atoms with van der Waals surface area (Å²) in [6.45, 7) is 19.3. The van der Waals surface area contributed by atoms with Crippen LogP contribution in [-0.2, 0) is 50.0 Å². The summed E-state index contributed by atoms with van der Waals surface area (Å²) in [5.41, 5.74) is -0.730. The maximum Gasteiger partial charge on any atom is 0.437 e. The highest BCUT2D eigenvalue weighted by atomic mass is 32.1. The highest BCUT2D eigenvalue weighted by Crippen LogP contribution is 2.42. The maximum atomic E-state index is 15.7. The number of ether oxygens (including phenoxy) is 8. The van der Waals surface area contributed by atoms with Crippen molar-refractivity contribution in [2.24, 2.45) is 4.99 Å². The molecule has 2 heterocycles. The van der Waals surface area contributed by atoms with E-state index in [9.17, 15) is 33.9 Å². The Morgan fingerprint density at radius 1 is 0.780 bits per heavy atom. The molecule has 2 atom stereocenters. The van der Waals surface area contributed by atoms with Crippen molar-refractivity contribution in [3.05, 3.63) is 88.7 Å². The van der Waals surface area contributed by atoms with Crippen LogP contribution in [0.4, 0.5) is 23.9 Å². The number of carboxylic acid groups (broad SMARTS) is 1. The minimum Gasteiger partial charge on any atom is -0.487 e. The van der Waals surface area contributed by atoms with Crippen LogP contribution in [0.3, 0.4) is 0 Å². The molecule has 5 rings (SSSR count). The van der Waals surface area contributed by atoms with Crippen molar-refractivity contribution in [1.82, 2.24) is 31.6 Å². The van der Waals surface area contributed by atoms with E-state index in [1.165, 1.54) is 41.7 Å². The van der Waals surface area contributed by atoms with Crippen molar-refractivity contribution in [1.29, 1.82) is 0 Å². The Kier molecular flexibility index (Phi) is 24.4. The monoisotopic (exact) mass is 1160 g/mol. The van der Waals surface area contributed by atoms with E-state index in [1.807, 2.05) is 13.0 Å².